The van der Waals surface area contributed by atoms with Crippen LogP contribution in [-0.2, 0) is 6.54 Å². The number of halogens is 1. The van der Waals surface area contributed by atoms with Crippen LogP contribution in [0, 0.1) is 12.7 Å². The molecule has 0 aliphatic rings. The zero-order chi connectivity index (χ0) is 15.4. The van der Waals surface area contributed by atoms with Crippen LogP contribution in [0.3, 0.4) is 0 Å². The lowest BCUT2D eigenvalue weighted by molar-refractivity contribution is 0.528. The van der Waals surface area contributed by atoms with E-state index in [0.29, 0.717) is 12.1 Å². The standard InChI is InChI=1S/C17H23FN2O/c1-5-19-12(2)17-15(18)7-6-8-16(17)20(4)11-14-9-10-21-13(14)3/h6-10,12,19H,5,11H2,1-4H3. The molecule has 0 aliphatic carbocycles. The molecule has 1 N–H and O–H groups in total. The highest BCUT2D eigenvalue weighted by molar-refractivity contribution is 5.55. The van der Waals surface area contributed by atoms with E-state index in [2.05, 4.69) is 10.2 Å². The highest BCUT2D eigenvalue weighted by atomic mass is 19.1. The maximum absolute atomic E-state index is 14.3. The van der Waals surface area contributed by atoms with E-state index in [0.717, 1.165) is 23.6 Å². The largest absolute Gasteiger partial charge is 0.469 e. The van der Waals surface area contributed by atoms with Crippen LogP contribution in [0.15, 0.2) is 34.9 Å². The van der Waals surface area contributed by atoms with Gasteiger partial charge in [0.05, 0.1) is 6.26 Å². The van der Waals surface area contributed by atoms with Gasteiger partial charge in [-0.3, -0.25) is 0 Å². The molecular formula is C17H23FN2O. The van der Waals surface area contributed by atoms with Crippen LogP contribution in [0.1, 0.15) is 36.8 Å². The van der Waals surface area contributed by atoms with Crippen LogP contribution < -0.4 is 10.2 Å². The number of nitrogens with zero attached hydrogens (tertiary/aromatic N) is 1. The van der Waals surface area contributed by atoms with Crippen LogP contribution in [0.5, 0.6) is 0 Å². The zero-order valence-electron chi connectivity index (χ0n) is 13.1. The summed E-state index contributed by atoms with van der Waals surface area (Å²) in [6, 6.07) is 7.16. The van der Waals surface area contributed by atoms with E-state index in [-0.39, 0.29) is 11.9 Å². The van der Waals surface area contributed by atoms with Gasteiger partial charge in [-0.1, -0.05) is 13.0 Å². The Kier molecular flexibility index (Phi) is 5.02. The van der Waals surface area contributed by atoms with Crippen LogP contribution in [0.2, 0.25) is 0 Å². The number of hydrogen-bond acceptors (Lipinski definition) is 3. The lowest BCUT2D eigenvalue weighted by atomic mass is 10.0. The van der Waals surface area contributed by atoms with E-state index >= 15 is 0 Å². The van der Waals surface area contributed by atoms with Crippen molar-refractivity contribution in [1.82, 2.24) is 5.32 Å². The highest BCUT2D eigenvalue weighted by Gasteiger charge is 2.18. The molecule has 2 rings (SSSR count). The molecule has 0 fully saturated rings. The predicted octanol–water partition coefficient (Wildman–Crippen LogP) is 4.03. The van der Waals surface area contributed by atoms with Crippen molar-refractivity contribution in [3.8, 4) is 0 Å². The first-order valence-corrected chi connectivity index (χ1v) is 7.30. The van der Waals surface area contributed by atoms with Gasteiger partial charge in [0.2, 0.25) is 0 Å². The van der Waals surface area contributed by atoms with Crippen molar-refractivity contribution in [2.75, 3.05) is 18.5 Å². The van der Waals surface area contributed by atoms with Crippen molar-refractivity contribution in [2.24, 2.45) is 0 Å². The topological polar surface area (TPSA) is 28.4 Å². The molecule has 3 nitrogen and oxygen atoms in total. The molecule has 2 aromatic rings. The molecule has 1 unspecified atom stereocenters. The van der Waals surface area contributed by atoms with E-state index in [9.17, 15) is 4.39 Å². The lowest BCUT2D eigenvalue weighted by Crippen LogP contribution is -2.24. The van der Waals surface area contributed by atoms with Gasteiger partial charge < -0.3 is 14.6 Å². The molecule has 1 atom stereocenters. The maximum atomic E-state index is 14.3. The number of anilines is 1. The zero-order valence-corrected chi connectivity index (χ0v) is 13.1. The number of aryl methyl sites for hydroxylation is 1. The lowest BCUT2D eigenvalue weighted by Gasteiger charge is -2.25. The van der Waals surface area contributed by atoms with Gasteiger partial charge in [-0.25, -0.2) is 4.39 Å². The van der Waals surface area contributed by atoms with Crippen LogP contribution in [0.25, 0.3) is 0 Å². The average Bonchev–Trinajstić information content (AvgIpc) is 2.84. The predicted molar refractivity (Wildman–Crippen MR) is 84.0 cm³/mol. The van der Waals surface area contributed by atoms with Crippen molar-refractivity contribution in [3.05, 3.63) is 53.2 Å². The van der Waals surface area contributed by atoms with Crippen molar-refractivity contribution in [1.29, 1.82) is 0 Å². The minimum atomic E-state index is -0.170. The number of rotatable bonds is 6. The highest BCUT2D eigenvalue weighted by Crippen LogP contribution is 2.29. The van der Waals surface area contributed by atoms with E-state index in [1.165, 1.54) is 6.07 Å². The summed E-state index contributed by atoms with van der Waals surface area (Å²) in [5.41, 5.74) is 2.73. The molecule has 0 saturated heterocycles. The van der Waals surface area contributed by atoms with Gasteiger partial charge in [-0.05, 0) is 38.6 Å². The van der Waals surface area contributed by atoms with E-state index in [1.807, 2.05) is 40.0 Å². The third kappa shape index (κ3) is 3.45. The second-order valence-electron chi connectivity index (χ2n) is 5.31. The van der Waals surface area contributed by atoms with E-state index < -0.39 is 0 Å². The van der Waals surface area contributed by atoms with Gasteiger partial charge in [0.15, 0.2) is 0 Å². The quantitative estimate of drug-likeness (QED) is 0.870. The Bertz CT molecular complexity index is 594. The third-order valence-electron chi connectivity index (χ3n) is 3.76. The summed E-state index contributed by atoms with van der Waals surface area (Å²) in [6.45, 7) is 7.45. The average molecular weight is 290 g/mol. The summed E-state index contributed by atoms with van der Waals surface area (Å²) in [7, 11) is 1.98. The fourth-order valence-corrected chi connectivity index (χ4v) is 2.61. The Labute approximate surface area is 125 Å². The van der Waals surface area contributed by atoms with Crippen molar-refractivity contribution in [2.45, 2.75) is 33.4 Å². The molecule has 1 heterocycles. The van der Waals surface area contributed by atoms with Gasteiger partial charge in [0, 0.05) is 36.4 Å². The van der Waals surface area contributed by atoms with Crippen LogP contribution in [0.4, 0.5) is 10.1 Å². The Balaban J connectivity index is 2.30. The molecule has 0 spiro atoms. The summed E-state index contributed by atoms with van der Waals surface area (Å²) in [4.78, 5) is 2.06. The fourth-order valence-electron chi connectivity index (χ4n) is 2.61. The van der Waals surface area contributed by atoms with Crippen LogP contribution >= 0.6 is 0 Å². The minimum absolute atomic E-state index is 0.0286. The molecule has 21 heavy (non-hydrogen) atoms. The Morgan fingerprint density at radius 1 is 1.33 bits per heavy atom. The maximum Gasteiger partial charge on any atom is 0.130 e. The van der Waals surface area contributed by atoms with Gasteiger partial charge in [-0.2, -0.15) is 0 Å². The van der Waals surface area contributed by atoms with Crippen molar-refractivity contribution >= 4 is 5.69 Å². The van der Waals surface area contributed by atoms with Crippen molar-refractivity contribution < 1.29 is 8.81 Å². The van der Waals surface area contributed by atoms with Crippen LogP contribution in [-0.4, -0.2) is 13.6 Å². The van der Waals surface area contributed by atoms with Gasteiger partial charge in [0.25, 0.3) is 0 Å². The molecule has 114 valence electrons. The molecular weight excluding hydrogens is 267 g/mol. The summed E-state index contributed by atoms with van der Waals surface area (Å²) in [5, 5.41) is 3.28. The number of furan rings is 1. The first-order valence-electron chi connectivity index (χ1n) is 7.30. The van der Waals surface area contributed by atoms with E-state index in [1.54, 1.807) is 12.3 Å². The summed E-state index contributed by atoms with van der Waals surface area (Å²) in [5.74, 6) is 0.733. The van der Waals surface area contributed by atoms with Gasteiger partial charge in [-0.15, -0.1) is 0 Å². The van der Waals surface area contributed by atoms with Gasteiger partial charge >= 0.3 is 0 Å². The Morgan fingerprint density at radius 3 is 2.71 bits per heavy atom. The second-order valence-corrected chi connectivity index (χ2v) is 5.31. The monoisotopic (exact) mass is 290 g/mol. The molecule has 0 bridgehead atoms. The van der Waals surface area contributed by atoms with E-state index in [4.69, 9.17) is 4.42 Å². The molecule has 0 radical (unpaired) electrons. The van der Waals surface area contributed by atoms with Crippen molar-refractivity contribution in [3.63, 3.8) is 0 Å². The minimum Gasteiger partial charge on any atom is -0.469 e. The first-order chi connectivity index (χ1) is 10.0. The number of nitrogens with one attached hydrogen (secondary N) is 1. The van der Waals surface area contributed by atoms with Gasteiger partial charge in [0.1, 0.15) is 11.6 Å². The molecule has 0 amide bonds. The normalized spacial score (nSPS) is 12.4. The molecule has 1 aromatic carbocycles. The fraction of sp³-hybridized carbons (Fsp3) is 0.412. The molecule has 0 saturated carbocycles. The third-order valence-corrected chi connectivity index (χ3v) is 3.76. The molecule has 1 aromatic heterocycles. The summed E-state index contributed by atoms with van der Waals surface area (Å²) >= 11 is 0. The SMILES string of the molecule is CCNC(C)c1c(F)cccc1N(C)Cc1ccoc1C. The molecule has 0 aliphatic heterocycles. The Morgan fingerprint density at radius 2 is 2.10 bits per heavy atom. The smallest absolute Gasteiger partial charge is 0.130 e. The first kappa shape index (κ1) is 15.6. The second kappa shape index (κ2) is 6.76. The summed E-state index contributed by atoms with van der Waals surface area (Å²) < 4.78 is 19.6. The molecule has 4 heteroatoms. The summed E-state index contributed by atoms with van der Waals surface area (Å²) in [6.07, 6.45) is 1.69. The number of benzene rings is 1. The Hall–Kier alpha value is -1.81. The number of hydrogen-bond donors (Lipinski definition) is 1.